The second-order valence-corrected chi connectivity index (χ2v) is 4.05. The minimum absolute atomic E-state index is 0.264. The van der Waals surface area contributed by atoms with Gasteiger partial charge in [0.2, 0.25) is 0 Å². The van der Waals surface area contributed by atoms with E-state index in [-0.39, 0.29) is 5.91 Å². The molecule has 20 heavy (non-hydrogen) atoms. The normalized spacial score (nSPS) is 10.2. The summed E-state index contributed by atoms with van der Waals surface area (Å²) in [7, 11) is 0. The predicted octanol–water partition coefficient (Wildman–Crippen LogP) is 1.91. The van der Waals surface area contributed by atoms with Crippen LogP contribution < -0.4 is 5.32 Å². The monoisotopic (exact) mass is 265 g/mol. The first-order chi connectivity index (χ1) is 9.83. The summed E-state index contributed by atoms with van der Waals surface area (Å²) in [6.07, 6.45) is 8.26. The number of aromatic nitrogens is 4. The number of rotatable bonds is 3. The molecule has 0 spiro atoms. The van der Waals surface area contributed by atoms with Gasteiger partial charge < -0.3 is 5.32 Å². The highest BCUT2D eigenvalue weighted by Gasteiger charge is 2.08. The molecule has 0 unspecified atom stereocenters. The fourth-order valence-electron chi connectivity index (χ4n) is 1.72. The molecule has 98 valence electrons. The van der Waals surface area contributed by atoms with Crippen LogP contribution in [0.15, 0.2) is 61.3 Å². The van der Waals surface area contributed by atoms with Crippen LogP contribution in [-0.4, -0.2) is 25.7 Å². The molecule has 3 heterocycles. The van der Waals surface area contributed by atoms with Crippen LogP contribution in [0, 0.1) is 0 Å². The molecule has 0 atom stereocenters. The van der Waals surface area contributed by atoms with Crippen molar-refractivity contribution in [2.24, 2.45) is 0 Å². The van der Waals surface area contributed by atoms with E-state index in [1.165, 1.54) is 0 Å². The summed E-state index contributed by atoms with van der Waals surface area (Å²) in [6, 6.07) is 8.85. The second kappa shape index (κ2) is 5.31. The van der Waals surface area contributed by atoms with E-state index in [1.54, 1.807) is 53.9 Å². The maximum atomic E-state index is 11.9. The van der Waals surface area contributed by atoms with Gasteiger partial charge in [-0.25, -0.2) is 4.68 Å². The highest BCUT2D eigenvalue weighted by atomic mass is 16.1. The summed E-state index contributed by atoms with van der Waals surface area (Å²) in [5.74, 6) is -0.264. The molecule has 0 bridgehead atoms. The van der Waals surface area contributed by atoms with Gasteiger partial charge in [-0.05, 0) is 24.3 Å². The molecule has 0 radical (unpaired) electrons. The van der Waals surface area contributed by atoms with Gasteiger partial charge in [-0.3, -0.25) is 14.8 Å². The Morgan fingerprint density at radius 1 is 1.10 bits per heavy atom. The van der Waals surface area contributed by atoms with Crippen molar-refractivity contribution in [1.82, 2.24) is 19.7 Å². The number of amides is 1. The van der Waals surface area contributed by atoms with Crippen molar-refractivity contribution in [2.45, 2.75) is 0 Å². The average molecular weight is 265 g/mol. The summed E-state index contributed by atoms with van der Waals surface area (Å²) in [4.78, 5) is 19.9. The fourth-order valence-corrected chi connectivity index (χ4v) is 1.72. The maximum Gasteiger partial charge on any atom is 0.274 e. The molecule has 0 aliphatic carbocycles. The molecule has 6 nitrogen and oxygen atoms in total. The highest BCUT2D eigenvalue weighted by molar-refractivity contribution is 6.02. The van der Waals surface area contributed by atoms with Crippen LogP contribution in [-0.2, 0) is 0 Å². The quantitative estimate of drug-likeness (QED) is 0.785. The number of nitrogens with one attached hydrogen (secondary N) is 1. The number of hydrogen-bond acceptors (Lipinski definition) is 4. The molecule has 1 N–H and O–H groups in total. The molecule has 1 amide bonds. The molecule has 3 aromatic rings. The fraction of sp³-hybridized carbons (Fsp3) is 0. The van der Waals surface area contributed by atoms with Crippen molar-refractivity contribution < 1.29 is 4.79 Å². The first-order valence-corrected chi connectivity index (χ1v) is 6.00. The minimum atomic E-state index is -0.264. The number of carbonyl (C=O) groups excluding carboxylic acids is 1. The van der Waals surface area contributed by atoms with E-state index in [1.807, 2.05) is 12.1 Å². The summed E-state index contributed by atoms with van der Waals surface area (Å²) in [6.45, 7) is 0. The van der Waals surface area contributed by atoms with Gasteiger partial charge in [0.15, 0.2) is 0 Å². The largest absolute Gasteiger partial charge is 0.318 e. The first kappa shape index (κ1) is 12.0. The summed E-state index contributed by atoms with van der Waals surface area (Å²) >= 11 is 0. The van der Waals surface area contributed by atoms with E-state index in [4.69, 9.17) is 0 Å². The Bertz CT molecular complexity index is 709. The molecular formula is C14H11N5O. The van der Waals surface area contributed by atoms with Crippen LogP contribution in [0.4, 0.5) is 5.69 Å². The van der Waals surface area contributed by atoms with Crippen molar-refractivity contribution in [3.8, 4) is 5.69 Å². The van der Waals surface area contributed by atoms with Crippen molar-refractivity contribution >= 4 is 11.6 Å². The van der Waals surface area contributed by atoms with Gasteiger partial charge in [0.25, 0.3) is 5.91 Å². The molecule has 0 saturated carbocycles. The van der Waals surface area contributed by atoms with Crippen LogP contribution in [0.2, 0.25) is 0 Å². The number of hydrogen-bond donors (Lipinski definition) is 1. The van der Waals surface area contributed by atoms with E-state index in [0.29, 0.717) is 11.4 Å². The van der Waals surface area contributed by atoms with Gasteiger partial charge in [-0.1, -0.05) is 6.07 Å². The number of nitrogens with zero attached hydrogens (tertiary/aromatic N) is 4. The van der Waals surface area contributed by atoms with Crippen LogP contribution in [0.25, 0.3) is 5.69 Å². The third-order valence-electron chi connectivity index (χ3n) is 2.67. The lowest BCUT2D eigenvalue weighted by atomic mass is 10.3. The first-order valence-electron chi connectivity index (χ1n) is 6.00. The molecule has 6 heteroatoms. The topological polar surface area (TPSA) is 72.7 Å². The molecule has 0 aliphatic rings. The van der Waals surface area contributed by atoms with Gasteiger partial charge in [0.05, 0.1) is 23.8 Å². The predicted molar refractivity (Wildman–Crippen MR) is 73.5 cm³/mol. The average Bonchev–Trinajstić information content (AvgIpc) is 2.97. The molecule has 3 aromatic heterocycles. The Kier molecular flexibility index (Phi) is 3.20. The molecule has 0 aliphatic heterocycles. The Morgan fingerprint density at radius 2 is 1.95 bits per heavy atom. The maximum absolute atomic E-state index is 11.9. The standard InChI is InChI=1S/C14H11N5O/c20-14(13-3-1-2-6-16-13)18-11-9-17-19(10-11)12-4-7-15-8-5-12/h1-10H,(H,18,20). The minimum Gasteiger partial charge on any atom is -0.318 e. The lowest BCUT2D eigenvalue weighted by Gasteiger charge is -2.01. The highest BCUT2D eigenvalue weighted by Crippen LogP contribution is 2.11. The van der Waals surface area contributed by atoms with Crippen LogP contribution in [0.1, 0.15) is 10.5 Å². The third-order valence-corrected chi connectivity index (χ3v) is 2.67. The van der Waals surface area contributed by atoms with Crippen molar-refractivity contribution in [1.29, 1.82) is 0 Å². The second-order valence-electron chi connectivity index (χ2n) is 4.05. The Morgan fingerprint density at radius 3 is 2.70 bits per heavy atom. The van der Waals surface area contributed by atoms with Crippen molar-refractivity contribution in [2.75, 3.05) is 5.32 Å². The van der Waals surface area contributed by atoms with E-state index in [0.717, 1.165) is 5.69 Å². The zero-order chi connectivity index (χ0) is 13.8. The summed E-state index contributed by atoms with van der Waals surface area (Å²) in [5, 5.41) is 6.93. The summed E-state index contributed by atoms with van der Waals surface area (Å²) in [5.41, 5.74) is 1.85. The molecule has 0 saturated heterocycles. The zero-order valence-electron chi connectivity index (χ0n) is 10.5. The van der Waals surface area contributed by atoms with Crippen LogP contribution in [0.3, 0.4) is 0 Å². The molecule has 0 fully saturated rings. The van der Waals surface area contributed by atoms with Crippen molar-refractivity contribution in [3.63, 3.8) is 0 Å². The van der Waals surface area contributed by atoms with Gasteiger partial charge >= 0.3 is 0 Å². The smallest absolute Gasteiger partial charge is 0.274 e. The van der Waals surface area contributed by atoms with Crippen molar-refractivity contribution in [3.05, 3.63) is 67.0 Å². The number of pyridine rings is 2. The molecule has 0 aromatic carbocycles. The Balaban J connectivity index is 1.77. The van der Waals surface area contributed by atoms with Gasteiger partial charge in [0.1, 0.15) is 5.69 Å². The SMILES string of the molecule is O=C(Nc1cnn(-c2ccncc2)c1)c1ccccn1. The van der Waals surface area contributed by atoms with Gasteiger partial charge in [0, 0.05) is 18.6 Å². The Labute approximate surface area is 115 Å². The van der Waals surface area contributed by atoms with Gasteiger partial charge in [-0.15, -0.1) is 0 Å². The van der Waals surface area contributed by atoms with E-state index in [9.17, 15) is 4.79 Å². The molecular weight excluding hydrogens is 254 g/mol. The summed E-state index contributed by atoms with van der Waals surface area (Å²) < 4.78 is 1.66. The van der Waals surface area contributed by atoms with Crippen LogP contribution >= 0.6 is 0 Å². The van der Waals surface area contributed by atoms with Gasteiger partial charge in [-0.2, -0.15) is 5.10 Å². The van der Waals surface area contributed by atoms with E-state index >= 15 is 0 Å². The van der Waals surface area contributed by atoms with E-state index in [2.05, 4.69) is 20.4 Å². The lowest BCUT2D eigenvalue weighted by Crippen LogP contribution is -2.12. The van der Waals surface area contributed by atoms with Crippen LogP contribution in [0.5, 0.6) is 0 Å². The molecule has 3 rings (SSSR count). The Hall–Kier alpha value is -3.02. The lowest BCUT2D eigenvalue weighted by molar-refractivity contribution is 0.102. The number of anilines is 1. The third kappa shape index (κ3) is 2.54. The zero-order valence-corrected chi connectivity index (χ0v) is 10.5. The van der Waals surface area contributed by atoms with E-state index < -0.39 is 0 Å². The number of carbonyl (C=O) groups is 1.